The van der Waals surface area contributed by atoms with Gasteiger partial charge in [-0.1, -0.05) is 6.42 Å². The lowest BCUT2D eigenvalue weighted by Crippen LogP contribution is -2.49. The zero-order chi connectivity index (χ0) is 13.2. The fourth-order valence-corrected chi connectivity index (χ4v) is 2.84. The van der Waals surface area contributed by atoms with Gasteiger partial charge in [-0.15, -0.1) is 0 Å². The summed E-state index contributed by atoms with van der Waals surface area (Å²) in [5, 5.41) is 12.0. The minimum atomic E-state index is -0.753. The van der Waals surface area contributed by atoms with Crippen molar-refractivity contribution in [3.05, 3.63) is 0 Å². The zero-order valence-electron chi connectivity index (χ0n) is 10.8. The molecule has 3 atom stereocenters. The highest BCUT2D eigenvalue weighted by molar-refractivity contribution is 5.85. The van der Waals surface area contributed by atoms with E-state index in [1.807, 2.05) is 6.92 Å². The predicted octanol–water partition coefficient (Wildman–Crippen LogP) is 1.32. The number of amides is 1. The Labute approximate surface area is 107 Å². The topological polar surface area (TPSA) is 75.6 Å². The summed E-state index contributed by atoms with van der Waals surface area (Å²) >= 11 is 0. The average Bonchev–Trinajstić information content (AvgIpc) is 2.78. The van der Waals surface area contributed by atoms with Crippen LogP contribution in [0.15, 0.2) is 0 Å². The molecule has 2 rings (SSSR count). The molecule has 1 amide bonds. The van der Waals surface area contributed by atoms with Crippen molar-refractivity contribution in [3.8, 4) is 0 Å². The van der Waals surface area contributed by atoms with E-state index in [1.54, 1.807) is 0 Å². The Morgan fingerprint density at radius 2 is 2.11 bits per heavy atom. The molecule has 5 heteroatoms. The zero-order valence-corrected chi connectivity index (χ0v) is 10.8. The Morgan fingerprint density at radius 3 is 2.72 bits per heavy atom. The van der Waals surface area contributed by atoms with Gasteiger partial charge in [-0.05, 0) is 39.0 Å². The number of carboxylic acid groups (broad SMARTS) is 1. The second-order valence-corrected chi connectivity index (χ2v) is 5.56. The molecule has 0 radical (unpaired) electrons. The van der Waals surface area contributed by atoms with Gasteiger partial charge in [0.25, 0.3) is 5.91 Å². The van der Waals surface area contributed by atoms with E-state index in [2.05, 4.69) is 5.32 Å². The smallest absolute Gasteiger partial charge is 0.306 e. The quantitative estimate of drug-likeness (QED) is 0.797. The molecule has 1 aliphatic heterocycles. The number of nitrogens with one attached hydrogen (secondary N) is 1. The summed E-state index contributed by atoms with van der Waals surface area (Å²) in [7, 11) is 0. The van der Waals surface area contributed by atoms with Gasteiger partial charge in [0.1, 0.15) is 5.60 Å². The Hall–Kier alpha value is -1.10. The van der Waals surface area contributed by atoms with Gasteiger partial charge in [0.15, 0.2) is 0 Å². The molecule has 1 saturated carbocycles. The molecule has 2 N–H and O–H groups in total. The number of hydrogen-bond acceptors (Lipinski definition) is 3. The van der Waals surface area contributed by atoms with Crippen molar-refractivity contribution in [2.75, 3.05) is 6.61 Å². The lowest BCUT2D eigenvalue weighted by atomic mass is 9.85. The molecule has 0 aromatic carbocycles. The average molecular weight is 255 g/mol. The molecule has 2 fully saturated rings. The van der Waals surface area contributed by atoms with Crippen molar-refractivity contribution >= 4 is 11.9 Å². The van der Waals surface area contributed by atoms with Crippen LogP contribution in [-0.2, 0) is 14.3 Å². The molecule has 0 bridgehead atoms. The Balaban J connectivity index is 1.89. The van der Waals surface area contributed by atoms with Crippen molar-refractivity contribution in [3.63, 3.8) is 0 Å². The molecule has 102 valence electrons. The monoisotopic (exact) mass is 255 g/mol. The van der Waals surface area contributed by atoms with E-state index >= 15 is 0 Å². The Kier molecular flexibility index (Phi) is 3.90. The van der Waals surface area contributed by atoms with E-state index in [9.17, 15) is 9.59 Å². The van der Waals surface area contributed by atoms with Crippen molar-refractivity contribution < 1.29 is 19.4 Å². The summed E-state index contributed by atoms with van der Waals surface area (Å²) in [6.45, 7) is 2.44. The van der Waals surface area contributed by atoms with Crippen LogP contribution in [0, 0.1) is 5.92 Å². The number of carbonyl (C=O) groups is 2. The maximum absolute atomic E-state index is 12.1. The van der Waals surface area contributed by atoms with Gasteiger partial charge in [0.2, 0.25) is 0 Å². The van der Waals surface area contributed by atoms with Crippen LogP contribution < -0.4 is 5.32 Å². The number of carboxylic acids is 1. The fraction of sp³-hybridized carbons (Fsp3) is 0.846. The van der Waals surface area contributed by atoms with Crippen LogP contribution in [0.25, 0.3) is 0 Å². The van der Waals surface area contributed by atoms with Crippen molar-refractivity contribution in [2.45, 2.75) is 57.1 Å². The lowest BCUT2D eigenvalue weighted by Gasteiger charge is -2.30. The van der Waals surface area contributed by atoms with Gasteiger partial charge >= 0.3 is 5.97 Å². The summed E-state index contributed by atoms with van der Waals surface area (Å²) in [6, 6.07) is -0.0200. The second kappa shape index (κ2) is 5.26. The highest BCUT2D eigenvalue weighted by atomic mass is 16.5. The number of rotatable bonds is 3. The molecule has 0 aromatic rings. The first-order valence-corrected chi connectivity index (χ1v) is 6.69. The number of ether oxygens (including phenoxy) is 1. The number of hydrogen-bond donors (Lipinski definition) is 2. The van der Waals surface area contributed by atoms with Crippen LogP contribution in [0.4, 0.5) is 0 Å². The van der Waals surface area contributed by atoms with Gasteiger partial charge in [0.05, 0.1) is 5.92 Å². The molecule has 2 aliphatic rings. The van der Waals surface area contributed by atoms with E-state index in [4.69, 9.17) is 9.84 Å². The van der Waals surface area contributed by atoms with E-state index in [0.29, 0.717) is 13.0 Å². The Bertz CT molecular complexity index is 336. The first-order chi connectivity index (χ1) is 8.51. The summed E-state index contributed by atoms with van der Waals surface area (Å²) < 4.78 is 5.49. The fourth-order valence-electron chi connectivity index (χ4n) is 2.84. The van der Waals surface area contributed by atoms with Crippen molar-refractivity contribution in [1.29, 1.82) is 0 Å². The maximum Gasteiger partial charge on any atom is 0.306 e. The highest BCUT2D eigenvalue weighted by Gasteiger charge is 2.39. The van der Waals surface area contributed by atoms with E-state index in [0.717, 1.165) is 32.1 Å². The van der Waals surface area contributed by atoms with Crippen LogP contribution >= 0.6 is 0 Å². The van der Waals surface area contributed by atoms with Crippen LogP contribution in [0.1, 0.15) is 45.4 Å². The van der Waals surface area contributed by atoms with Gasteiger partial charge in [-0.25, -0.2) is 0 Å². The third kappa shape index (κ3) is 2.83. The minimum absolute atomic E-state index is 0.0200. The minimum Gasteiger partial charge on any atom is -0.481 e. The first-order valence-electron chi connectivity index (χ1n) is 6.69. The molecule has 1 heterocycles. The molecule has 0 spiro atoms. The van der Waals surface area contributed by atoms with Gasteiger partial charge in [-0.3, -0.25) is 9.59 Å². The van der Waals surface area contributed by atoms with Crippen LogP contribution in [0.3, 0.4) is 0 Å². The number of carbonyl (C=O) groups excluding carboxylic acids is 1. The van der Waals surface area contributed by atoms with Crippen LogP contribution in [0.2, 0.25) is 0 Å². The number of aliphatic carboxylic acids is 1. The lowest BCUT2D eigenvalue weighted by molar-refractivity contribution is -0.145. The molecule has 1 saturated heterocycles. The summed E-state index contributed by atoms with van der Waals surface area (Å²) in [5.41, 5.74) is -0.712. The van der Waals surface area contributed by atoms with Gasteiger partial charge in [-0.2, -0.15) is 0 Å². The van der Waals surface area contributed by atoms with Crippen molar-refractivity contribution in [1.82, 2.24) is 5.32 Å². The van der Waals surface area contributed by atoms with E-state index in [1.165, 1.54) is 0 Å². The SMILES string of the molecule is CC1(C(=O)NC2CCCC(C(=O)O)C2)CCCO1. The maximum atomic E-state index is 12.1. The first kappa shape index (κ1) is 13.3. The molecule has 18 heavy (non-hydrogen) atoms. The van der Waals surface area contributed by atoms with Gasteiger partial charge < -0.3 is 15.2 Å². The largest absolute Gasteiger partial charge is 0.481 e. The van der Waals surface area contributed by atoms with E-state index in [-0.39, 0.29) is 17.9 Å². The van der Waals surface area contributed by atoms with Crippen LogP contribution in [0.5, 0.6) is 0 Å². The second-order valence-electron chi connectivity index (χ2n) is 5.56. The van der Waals surface area contributed by atoms with Crippen molar-refractivity contribution in [2.24, 2.45) is 5.92 Å². The molecular weight excluding hydrogens is 234 g/mol. The summed E-state index contributed by atoms with van der Waals surface area (Å²) in [5.74, 6) is -1.16. The molecule has 5 nitrogen and oxygen atoms in total. The normalized spacial score (nSPS) is 36.3. The third-order valence-electron chi connectivity index (χ3n) is 4.06. The molecule has 0 aromatic heterocycles. The van der Waals surface area contributed by atoms with Crippen LogP contribution in [-0.4, -0.2) is 35.2 Å². The third-order valence-corrected chi connectivity index (χ3v) is 4.06. The predicted molar refractivity (Wildman–Crippen MR) is 65.1 cm³/mol. The van der Waals surface area contributed by atoms with Gasteiger partial charge in [0, 0.05) is 12.6 Å². The summed E-state index contributed by atoms with van der Waals surface area (Å²) in [6.07, 6.45) is 4.64. The molecule has 3 unspecified atom stereocenters. The Morgan fingerprint density at radius 1 is 1.33 bits per heavy atom. The summed E-state index contributed by atoms with van der Waals surface area (Å²) in [4.78, 5) is 23.1. The van der Waals surface area contributed by atoms with E-state index < -0.39 is 11.6 Å². The molecule has 1 aliphatic carbocycles. The highest BCUT2D eigenvalue weighted by Crippen LogP contribution is 2.28. The standard InChI is InChI=1S/C13H21NO4/c1-13(6-3-7-18-13)12(17)14-10-5-2-4-9(8-10)11(15)16/h9-10H,2-8H2,1H3,(H,14,17)(H,15,16). The molecular formula is C13H21NO4.